The Hall–Kier alpha value is -3.37. The van der Waals surface area contributed by atoms with Crippen LogP contribution < -0.4 is 0 Å². The van der Waals surface area contributed by atoms with E-state index < -0.39 is 0 Å². The third-order valence-electron chi connectivity index (χ3n) is 15.1. The minimum absolute atomic E-state index is 0. The molecule has 3 nitrogen and oxygen atoms in total. The average Bonchev–Trinajstić information content (AvgIpc) is 3.58. The second kappa shape index (κ2) is 17.7. The smallest absolute Gasteiger partial charge is 0.162 e. The Morgan fingerprint density at radius 2 is 1.38 bits per heavy atom. The molecule has 6 aromatic rings. The van der Waals surface area contributed by atoms with Gasteiger partial charge >= 0.3 is 0 Å². The van der Waals surface area contributed by atoms with Gasteiger partial charge in [-0.25, -0.2) is 0 Å². The minimum atomic E-state index is -0.248. The zero-order valence-electron chi connectivity index (χ0n) is 40.4. The summed E-state index contributed by atoms with van der Waals surface area (Å²) in [5.74, 6) is 0.366. The first-order chi connectivity index (χ1) is 28.0. The molecule has 0 aliphatic heterocycles. The maximum absolute atomic E-state index is 11.9. The number of hydrogen-bond donors (Lipinski definition) is 1. The topological polar surface area (TPSA) is 50.2 Å². The van der Waals surface area contributed by atoms with Crippen molar-refractivity contribution in [2.45, 2.75) is 172 Å². The van der Waals surface area contributed by atoms with E-state index in [4.69, 9.17) is 4.98 Å². The van der Waals surface area contributed by atoms with Gasteiger partial charge in [-0.05, 0) is 104 Å². The van der Waals surface area contributed by atoms with Crippen molar-refractivity contribution >= 4 is 58.8 Å². The van der Waals surface area contributed by atoms with Crippen LogP contribution in [0.25, 0.3) is 53.0 Å². The summed E-state index contributed by atoms with van der Waals surface area (Å²) in [5, 5.41) is 17.9. The predicted octanol–water partition coefficient (Wildman–Crippen LogP) is 16.7. The minimum Gasteiger partial charge on any atom is -0.512 e. The summed E-state index contributed by atoms with van der Waals surface area (Å²) in [6.45, 7) is 38.2. The number of hydrogen-bond acceptors (Lipinski definition) is 4. The van der Waals surface area contributed by atoms with Crippen LogP contribution >= 0.6 is 11.3 Å². The summed E-state index contributed by atoms with van der Waals surface area (Å²) >= 11 is 1.95. The molecule has 0 saturated carbocycles. The molecule has 0 atom stereocenters. The number of benzene rings is 4. The fourth-order valence-electron chi connectivity index (χ4n) is 9.88. The molecular formula is C56H72IrNO2S-. The maximum Gasteiger partial charge on any atom is 0.162 e. The summed E-state index contributed by atoms with van der Waals surface area (Å²) in [6.07, 6.45) is 9.38. The first kappa shape index (κ1) is 48.7. The zero-order chi connectivity index (χ0) is 44.4. The number of thiophene rings is 1. The molecule has 5 heteroatoms. The molecule has 61 heavy (non-hydrogen) atoms. The summed E-state index contributed by atoms with van der Waals surface area (Å²) in [6, 6.07) is 15.9. The number of pyridine rings is 1. The largest absolute Gasteiger partial charge is 0.512 e. The van der Waals surface area contributed by atoms with E-state index in [0.29, 0.717) is 0 Å². The molecule has 0 unspecified atom stereocenters. The van der Waals surface area contributed by atoms with E-state index >= 15 is 0 Å². The van der Waals surface area contributed by atoms with E-state index in [9.17, 15) is 9.90 Å². The molecule has 0 saturated heterocycles. The van der Waals surface area contributed by atoms with E-state index in [1.54, 1.807) is 0 Å². The van der Waals surface area contributed by atoms with E-state index in [1.807, 2.05) is 46.0 Å². The molecule has 1 aliphatic rings. The van der Waals surface area contributed by atoms with Crippen LogP contribution in [0, 0.1) is 52.0 Å². The van der Waals surface area contributed by atoms with Crippen molar-refractivity contribution in [3.05, 3.63) is 98.9 Å². The number of allylic oxidation sites excluding steroid dienone is 2. The molecule has 2 aromatic heterocycles. The fourth-order valence-corrected chi connectivity index (χ4v) is 11.1. The number of aromatic nitrogens is 1. The van der Waals surface area contributed by atoms with Crippen molar-refractivity contribution < 1.29 is 30.0 Å². The summed E-state index contributed by atoms with van der Waals surface area (Å²) < 4.78 is 2.77. The fraction of sp³-hybridized carbons (Fsp3) is 0.500. The van der Waals surface area contributed by atoms with Crippen molar-refractivity contribution in [3.8, 4) is 11.3 Å². The first-order valence-corrected chi connectivity index (χ1v) is 23.5. The maximum atomic E-state index is 11.9. The number of fused-ring (bicyclic) bond motifs is 7. The number of aryl methyl sites for hydroxylation is 2. The molecule has 329 valence electrons. The SMILES string of the molecule is CCC(CC)C(=O)/C=C(\O)C(C)(CC)CC.Cc1c(C)c(C)c2c(C(C)(C)C)c(C)c(-c3cc4c(ccc5c6cc7c(cc6sc45)C(C)(C)CCC7(C)C)cn3)[c-]c2c1C.[Ir]. The number of nitrogens with zero attached hydrogens (tertiary/aromatic N) is 1. The van der Waals surface area contributed by atoms with Gasteiger partial charge in [-0.1, -0.05) is 148 Å². The molecule has 1 aliphatic carbocycles. The number of rotatable bonds is 8. The molecular weight excluding hydrogens is 943 g/mol. The Labute approximate surface area is 385 Å². The van der Waals surface area contributed by atoms with E-state index in [1.165, 1.54) is 105 Å². The Morgan fingerprint density at radius 1 is 0.803 bits per heavy atom. The van der Waals surface area contributed by atoms with Crippen LogP contribution in [0.1, 0.15) is 166 Å². The van der Waals surface area contributed by atoms with Crippen molar-refractivity contribution in [2.75, 3.05) is 0 Å². The number of aliphatic hydroxyl groups excluding tert-OH is 1. The van der Waals surface area contributed by atoms with Gasteiger partial charge in [-0.3, -0.25) is 9.78 Å². The Kier molecular flexibility index (Phi) is 14.1. The third kappa shape index (κ3) is 8.67. The number of ketones is 1. The van der Waals surface area contributed by atoms with Crippen LogP contribution in [-0.2, 0) is 41.1 Å². The van der Waals surface area contributed by atoms with Gasteiger partial charge in [0.15, 0.2) is 5.78 Å². The van der Waals surface area contributed by atoms with Crippen LogP contribution in [0.2, 0.25) is 0 Å². The molecule has 1 N–H and O–H groups in total. The van der Waals surface area contributed by atoms with Gasteiger partial charge in [0.1, 0.15) is 5.76 Å². The quantitative estimate of drug-likeness (QED) is 0.0939. The molecule has 0 spiro atoms. The second-order valence-corrected chi connectivity index (χ2v) is 21.8. The number of aliphatic hydroxyl groups is 1. The van der Waals surface area contributed by atoms with Crippen LogP contribution in [0.3, 0.4) is 0 Å². The van der Waals surface area contributed by atoms with Crippen molar-refractivity contribution in [1.82, 2.24) is 4.98 Å². The Bertz CT molecular complexity index is 2680. The van der Waals surface area contributed by atoms with Gasteiger partial charge in [-0.2, -0.15) is 0 Å². The zero-order valence-corrected chi connectivity index (χ0v) is 43.6. The van der Waals surface area contributed by atoms with Gasteiger partial charge in [0, 0.05) is 75.0 Å². The molecule has 0 bridgehead atoms. The Morgan fingerprint density at radius 3 is 1.93 bits per heavy atom. The molecule has 0 fully saturated rings. The molecule has 1 radical (unpaired) electrons. The van der Waals surface area contributed by atoms with Gasteiger partial charge in [0.05, 0.1) is 0 Å². The van der Waals surface area contributed by atoms with Crippen molar-refractivity contribution in [3.63, 3.8) is 0 Å². The Balaban J connectivity index is 0.000000355. The summed E-state index contributed by atoms with van der Waals surface area (Å²) in [4.78, 5) is 17.0. The van der Waals surface area contributed by atoms with Gasteiger partial charge in [-0.15, -0.1) is 33.9 Å². The normalized spacial score (nSPS) is 15.3. The van der Waals surface area contributed by atoms with E-state index in [2.05, 4.69) is 126 Å². The second-order valence-electron chi connectivity index (χ2n) is 20.7. The van der Waals surface area contributed by atoms with Crippen molar-refractivity contribution in [2.24, 2.45) is 11.3 Å². The van der Waals surface area contributed by atoms with Gasteiger partial charge < -0.3 is 5.11 Å². The summed E-state index contributed by atoms with van der Waals surface area (Å²) in [7, 11) is 0. The van der Waals surface area contributed by atoms with E-state index in [-0.39, 0.29) is 59.2 Å². The summed E-state index contributed by atoms with van der Waals surface area (Å²) in [5.41, 5.74) is 13.5. The molecule has 2 heterocycles. The number of carbonyl (C=O) groups is 1. The third-order valence-corrected chi connectivity index (χ3v) is 16.3. The van der Waals surface area contributed by atoms with Crippen LogP contribution in [0.4, 0.5) is 0 Å². The average molecular weight is 1020 g/mol. The first-order valence-electron chi connectivity index (χ1n) is 22.7. The molecule has 4 aromatic carbocycles. The molecule has 0 amide bonds. The van der Waals surface area contributed by atoms with Gasteiger partial charge in [0.25, 0.3) is 0 Å². The van der Waals surface area contributed by atoms with Crippen LogP contribution in [0.5, 0.6) is 0 Å². The predicted molar refractivity (Wildman–Crippen MR) is 263 cm³/mol. The van der Waals surface area contributed by atoms with Crippen LogP contribution in [-0.4, -0.2) is 15.9 Å². The molecule has 7 rings (SSSR count). The van der Waals surface area contributed by atoms with Crippen LogP contribution in [0.15, 0.2) is 48.4 Å². The van der Waals surface area contributed by atoms with E-state index in [0.717, 1.165) is 36.9 Å². The monoisotopic (exact) mass is 1020 g/mol. The standard InChI is InChI=1S/C42H46NS.C14H26O2.Ir/c1-22-23(2)25(4)37-30(24(22)3)17-29(26(5)38(37)40(6,7)8)35-19-31-27(21-43-35)13-14-28-32-18-33-34(20-36(32)44-39(28)31)42(11,12)16-15-41(33,9)10;1-6-11(7-2)12(15)10-13(16)14(5,8-3)9-4;/h13-14,18-21H,15-16H2,1-12H3;10-11,16H,6-9H2,1-5H3;/q-1;;/b;13-10-;. The number of carbonyl (C=O) groups excluding carboxylic acids is 1. The van der Waals surface area contributed by atoms with Gasteiger partial charge in [0.2, 0.25) is 0 Å². The van der Waals surface area contributed by atoms with Crippen molar-refractivity contribution in [1.29, 1.82) is 0 Å².